The van der Waals surface area contributed by atoms with E-state index in [1.54, 1.807) is 0 Å². The molecule has 0 aromatic rings. The number of aliphatic hydroxyl groups excluding tert-OH is 4. The first kappa shape index (κ1) is 17.6. The standard InChI is InChI=1S/C9H17O10P/c10-4-1-2-6(19-9(4)14)8(13)7(12)5(11)3-18-20(15,16)17/h4,6-10,12-14H,1-3H2,(H2,15,16,17)/p-2/t4-,6-,7-,8-,9?/m1/s1. The molecule has 0 spiro atoms. The molecule has 0 aliphatic carbocycles. The molecular weight excluding hydrogens is 299 g/mol. The molecule has 1 aliphatic heterocycles. The van der Waals surface area contributed by atoms with Gasteiger partial charge >= 0.3 is 0 Å². The summed E-state index contributed by atoms with van der Waals surface area (Å²) in [7, 11) is -5.36. The maximum absolute atomic E-state index is 11.3. The lowest BCUT2D eigenvalue weighted by Crippen LogP contribution is -2.50. The number of rotatable bonds is 6. The zero-order valence-electron chi connectivity index (χ0n) is 10.2. The zero-order valence-corrected chi connectivity index (χ0v) is 11.1. The Morgan fingerprint density at radius 1 is 1.35 bits per heavy atom. The Balaban J connectivity index is 2.51. The van der Waals surface area contributed by atoms with Crippen molar-refractivity contribution in [1.82, 2.24) is 0 Å². The molecular formula is C9H15O10P-2. The van der Waals surface area contributed by atoms with Crippen molar-refractivity contribution in [2.24, 2.45) is 0 Å². The van der Waals surface area contributed by atoms with E-state index in [0.29, 0.717) is 0 Å². The van der Waals surface area contributed by atoms with Crippen LogP contribution in [0.15, 0.2) is 0 Å². The van der Waals surface area contributed by atoms with Gasteiger partial charge in [-0.25, -0.2) is 0 Å². The van der Waals surface area contributed by atoms with Crippen molar-refractivity contribution in [1.29, 1.82) is 0 Å². The van der Waals surface area contributed by atoms with Gasteiger partial charge in [-0.1, -0.05) is 0 Å². The van der Waals surface area contributed by atoms with E-state index in [4.69, 9.17) is 4.74 Å². The molecule has 118 valence electrons. The SMILES string of the molecule is O=C(COP(=O)([O-])[O-])[C@@H](O)[C@H](O)[C@H]1CC[C@@H](O)C(O)O1. The molecule has 4 N–H and O–H groups in total. The number of ether oxygens (including phenoxy) is 1. The van der Waals surface area contributed by atoms with Crippen LogP contribution in [0.25, 0.3) is 0 Å². The van der Waals surface area contributed by atoms with Crippen molar-refractivity contribution >= 4 is 13.6 Å². The smallest absolute Gasteiger partial charge is 0.189 e. The second-order valence-corrected chi connectivity index (χ2v) is 5.48. The van der Waals surface area contributed by atoms with Gasteiger partial charge in [-0.2, -0.15) is 0 Å². The summed E-state index contributed by atoms with van der Waals surface area (Å²) in [6, 6.07) is 0. The lowest BCUT2D eigenvalue weighted by molar-refractivity contribution is -0.341. The summed E-state index contributed by atoms with van der Waals surface area (Å²) < 4.78 is 18.7. The van der Waals surface area contributed by atoms with Gasteiger partial charge in [0, 0.05) is 0 Å². The number of carbonyl (C=O) groups excluding carboxylic acids is 1. The first-order valence-corrected chi connectivity index (χ1v) is 7.15. The molecule has 1 unspecified atom stereocenters. The fourth-order valence-electron chi connectivity index (χ4n) is 1.69. The summed E-state index contributed by atoms with van der Waals surface area (Å²) in [4.78, 5) is 31.7. The monoisotopic (exact) mass is 314 g/mol. The van der Waals surface area contributed by atoms with Crippen LogP contribution in [-0.2, 0) is 18.6 Å². The summed E-state index contributed by atoms with van der Waals surface area (Å²) in [5, 5.41) is 37.6. The minimum Gasteiger partial charge on any atom is -0.790 e. The van der Waals surface area contributed by atoms with Crippen molar-refractivity contribution in [2.75, 3.05) is 6.61 Å². The van der Waals surface area contributed by atoms with E-state index in [1.807, 2.05) is 0 Å². The first-order valence-electron chi connectivity index (χ1n) is 5.69. The van der Waals surface area contributed by atoms with Crippen molar-refractivity contribution in [2.45, 2.75) is 43.5 Å². The number of carbonyl (C=O) groups is 1. The highest BCUT2D eigenvalue weighted by Crippen LogP contribution is 2.25. The Hall–Kier alpha value is -0.420. The Morgan fingerprint density at radius 2 is 1.95 bits per heavy atom. The maximum Gasteiger partial charge on any atom is 0.189 e. The van der Waals surface area contributed by atoms with Crippen LogP contribution in [-0.4, -0.2) is 63.5 Å². The predicted octanol–water partition coefficient (Wildman–Crippen LogP) is -4.02. The fourth-order valence-corrected chi connectivity index (χ4v) is 1.97. The predicted molar refractivity (Wildman–Crippen MR) is 56.7 cm³/mol. The number of phosphoric acid groups is 1. The Kier molecular flexibility index (Phi) is 6.20. The van der Waals surface area contributed by atoms with Gasteiger partial charge in [-0.05, 0) is 12.8 Å². The highest BCUT2D eigenvalue weighted by Gasteiger charge is 2.37. The average molecular weight is 314 g/mol. The maximum atomic E-state index is 11.3. The number of hydrogen-bond acceptors (Lipinski definition) is 10. The Bertz CT molecular complexity index is 381. The van der Waals surface area contributed by atoms with Gasteiger partial charge in [0.1, 0.15) is 24.9 Å². The number of ketones is 1. The molecule has 0 bridgehead atoms. The molecule has 1 aliphatic rings. The molecule has 1 saturated heterocycles. The van der Waals surface area contributed by atoms with E-state index in [9.17, 15) is 39.6 Å². The summed E-state index contributed by atoms with van der Waals surface area (Å²) in [6.45, 7) is -1.21. The normalized spacial score (nSPS) is 30.8. The quantitative estimate of drug-likeness (QED) is 0.353. The van der Waals surface area contributed by atoms with Crippen molar-refractivity contribution in [3.63, 3.8) is 0 Å². The van der Waals surface area contributed by atoms with Crippen molar-refractivity contribution in [3.05, 3.63) is 0 Å². The van der Waals surface area contributed by atoms with Crippen molar-refractivity contribution in [3.8, 4) is 0 Å². The van der Waals surface area contributed by atoms with Gasteiger partial charge in [0.05, 0.1) is 13.9 Å². The number of aliphatic hydroxyl groups is 4. The van der Waals surface area contributed by atoms with E-state index >= 15 is 0 Å². The van der Waals surface area contributed by atoms with Gasteiger partial charge in [-0.3, -0.25) is 4.79 Å². The van der Waals surface area contributed by atoms with E-state index in [-0.39, 0.29) is 12.8 Å². The molecule has 1 rings (SSSR count). The second-order valence-electron chi connectivity index (χ2n) is 4.33. The van der Waals surface area contributed by atoms with E-state index in [0.717, 1.165) is 0 Å². The van der Waals surface area contributed by atoms with Crippen LogP contribution in [0.3, 0.4) is 0 Å². The third kappa shape index (κ3) is 5.17. The molecule has 0 aromatic heterocycles. The molecule has 0 saturated carbocycles. The van der Waals surface area contributed by atoms with E-state index in [2.05, 4.69) is 4.52 Å². The molecule has 11 heteroatoms. The van der Waals surface area contributed by atoms with Crippen LogP contribution < -0.4 is 9.79 Å². The fraction of sp³-hybridized carbons (Fsp3) is 0.889. The van der Waals surface area contributed by atoms with Gasteiger partial charge in [0.2, 0.25) is 0 Å². The number of hydrogen-bond donors (Lipinski definition) is 4. The average Bonchev–Trinajstić information content (AvgIpc) is 2.36. The van der Waals surface area contributed by atoms with Crippen LogP contribution in [0.1, 0.15) is 12.8 Å². The van der Waals surface area contributed by atoms with E-state index < -0.39 is 50.9 Å². The molecule has 10 nitrogen and oxygen atoms in total. The Morgan fingerprint density at radius 3 is 2.45 bits per heavy atom. The van der Waals surface area contributed by atoms with Crippen LogP contribution in [0, 0.1) is 0 Å². The summed E-state index contributed by atoms with van der Waals surface area (Å²) >= 11 is 0. The molecule has 20 heavy (non-hydrogen) atoms. The van der Waals surface area contributed by atoms with Crippen LogP contribution >= 0.6 is 7.82 Å². The first-order chi connectivity index (χ1) is 9.11. The number of phosphoric ester groups is 1. The van der Waals surface area contributed by atoms with Crippen LogP contribution in [0.4, 0.5) is 0 Å². The van der Waals surface area contributed by atoms with Gasteiger partial charge in [0.15, 0.2) is 12.1 Å². The Labute approximate surface area is 113 Å². The lowest BCUT2D eigenvalue weighted by atomic mass is 9.97. The topological polar surface area (TPSA) is 180 Å². The highest BCUT2D eigenvalue weighted by atomic mass is 31.2. The molecule has 0 radical (unpaired) electrons. The number of Topliss-reactive ketones (excluding diaryl/α,β-unsaturated/α-hetero) is 1. The summed E-state index contributed by atoms with van der Waals surface area (Å²) in [6.07, 6.45) is -7.49. The molecule has 0 aromatic carbocycles. The van der Waals surface area contributed by atoms with Crippen molar-refractivity contribution < 1.29 is 48.8 Å². The molecule has 1 fully saturated rings. The van der Waals surface area contributed by atoms with E-state index in [1.165, 1.54) is 0 Å². The highest BCUT2D eigenvalue weighted by molar-refractivity contribution is 7.43. The van der Waals surface area contributed by atoms with Crippen LogP contribution in [0.2, 0.25) is 0 Å². The summed E-state index contributed by atoms with van der Waals surface area (Å²) in [5.41, 5.74) is 0. The second kappa shape index (κ2) is 7.03. The molecule has 5 atom stereocenters. The largest absolute Gasteiger partial charge is 0.790 e. The molecule has 0 amide bonds. The summed E-state index contributed by atoms with van der Waals surface area (Å²) in [5.74, 6) is -1.23. The van der Waals surface area contributed by atoms with Gasteiger partial charge < -0.3 is 44.0 Å². The van der Waals surface area contributed by atoms with Gasteiger partial charge in [-0.15, -0.1) is 0 Å². The lowest BCUT2D eigenvalue weighted by Gasteiger charge is -2.34. The zero-order chi connectivity index (χ0) is 15.5. The minimum atomic E-state index is -5.36. The third-order valence-electron chi connectivity index (χ3n) is 2.79. The van der Waals surface area contributed by atoms with Gasteiger partial charge in [0.25, 0.3) is 0 Å². The molecule has 1 heterocycles. The minimum absolute atomic E-state index is 0.0617. The van der Waals surface area contributed by atoms with Crippen LogP contribution in [0.5, 0.6) is 0 Å². The third-order valence-corrected chi connectivity index (χ3v) is 3.23.